The van der Waals surface area contributed by atoms with Crippen molar-refractivity contribution in [3.63, 3.8) is 0 Å². The maximum atomic E-state index is 4.99. The van der Waals surface area contributed by atoms with Crippen molar-refractivity contribution < 1.29 is 4.74 Å². The number of aromatic nitrogens is 1. The van der Waals surface area contributed by atoms with Crippen LogP contribution >= 0.6 is 0 Å². The van der Waals surface area contributed by atoms with E-state index in [2.05, 4.69) is 18.0 Å². The van der Waals surface area contributed by atoms with E-state index in [1.54, 1.807) is 7.11 Å². The molecule has 0 saturated carbocycles. The fourth-order valence-corrected chi connectivity index (χ4v) is 0.980. The van der Waals surface area contributed by atoms with Crippen LogP contribution in [0.2, 0.25) is 0 Å². The number of rotatable bonds is 3. The largest absolute Gasteiger partial charge is 0.380 e. The third-order valence-corrected chi connectivity index (χ3v) is 1.57. The van der Waals surface area contributed by atoms with Crippen molar-refractivity contribution >= 4 is 0 Å². The molecule has 0 unspecified atom stereocenters. The molecule has 0 amide bonds. The zero-order valence-electron chi connectivity index (χ0n) is 7.00. The van der Waals surface area contributed by atoms with E-state index in [1.807, 2.05) is 12.4 Å². The van der Waals surface area contributed by atoms with Gasteiger partial charge in [0.15, 0.2) is 0 Å². The number of pyridine rings is 1. The van der Waals surface area contributed by atoms with Gasteiger partial charge in [-0.05, 0) is 17.5 Å². The minimum Gasteiger partial charge on any atom is -0.380 e. The molecule has 1 heterocycles. The molecule has 0 radical (unpaired) electrons. The van der Waals surface area contributed by atoms with Gasteiger partial charge in [0.1, 0.15) is 0 Å². The normalized spacial score (nSPS) is 10.0. The van der Waals surface area contributed by atoms with Gasteiger partial charge < -0.3 is 4.74 Å². The maximum absolute atomic E-state index is 4.99. The molecule has 60 valence electrons. The van der Waals surface area contributed by atoms with E-state index in [-0.39, 0.29) is 0 Å². The molecule has 2 nitrogen and oxygen atoms in total. The fourth-order valence-electron chi connectivity index (χ4n) is 0.980. The molecule has 2 heteroatoms. The van der Waals surface area contributed by atoms with Crippen molar-refractivity contribution in [2.45, 2.75) is 20.0 Å². The third kappa shape index (κ3) is 2.31. The van der Waals surface area contributed by atoms with Gasteiger partial charge in [-0.2, -0.15) is 0 Å². The first-order valence-corrected chi connectivity index (χ1v) is 3.78. The number of hydrogen-bond donors (Lipinski definition) is 0. The van der Waals surface area contributed by atoms with Gasteiger partial charge in [0.05, 0.1) is 6.61 Å². The van der Waals surface area contributed by atoms with E-state index >= 15 is 0 Å². The Balaban J connectivity index is 2.74. The highest BCUT2D eigenvalue weighted by atomic mass is 16.5. The van der Waals surface area contributed by atoms with E-state index in [4.69, 9.17) is 4.74 Å². The van der Waals surface area contributed by atoms with Gasteiger partial charge in [-0.15, -0.1) is 0 Å². The molecule has 0 aliphatic rings. The zero-order chi connectivity index (χ0) is 8.10. The number of ether oxygens (including phenoxy) is 1. The lowest BCUT2D eigenvalue weighted by molar-refractivity contribution is 0.184. The lowest BCUT2D eigenvalue weighted by Gasteiger charge is -2.00. The first-order chi connectivity index (χ1) is 5.36. The van der Waals surface area contributed by atoms with Gasteiger partial charge in [0.25, 0.3) is 0 Å². The second kappa shape index (κ2) is 4.09. The highest BCUT2D eigenvalue weighted by Gasteiger charge is 1.93. The summed E-state index contributed by atoms with van der Waals surface area (Å²) in [6.45, 7) is 2.77. The summed E-state index contributed by atoms with van der Waals surface area (Å²) < 4.78 is 4.99. The predicted molar refractivity (Wildman–Crippen MR) is 44.3 cm³/mol. The first-order valence-electron chi connectivity index (χ1n) is 3.78. The van der Waals surface area contributed by atoms with Crippen LogP contribution in [0.5, 0.6) is 0 Å². The summed E-state index contributed by atoms with van der Waals surface area (Å²) >= 11 is 0. The average Bonchev–Trinajstić information content (AvgIpc) is 2.06. The van der Waals surface area contributed by atoms with E-state index in [0.717, 1.165) is 12.0 Å². The Kier molecular flexibility index (Phi) is 3.05. The summed E-state index contributed by atoms with van der Waals surface area (Å²) in [6.07, 6.45) is 4.76. The lowest BCUT2D eigenvalue weighted by atomic mass is 10.2. The molecule has 1 aromatic heterocycles. The Morgan fingerprint density at radius 1 is 1.36 bits per heavy atom. The summed E-state index contributed by atoms with van der Waals surface area (Å²) in [5.41, 5.74) is 2.41. The SMILES string of the molecule is CCc1cncc(COC)c1. The second-order valence-electron chi connectivity index (χ2n) is 2.49. The molecule has 0 N–H and O–H groups in total. The standard InChI is InChI=1S/C9H13NO/c1-3-8-4-9(7-11-2)6-10-5-8/h4-6H,3,7H2,1-2H3. The van der Waals surface area contributed by atoms with Crippen LogP contribution in [0.4, 0.5) is 0 Å². The van der Waals surface area contributed by atoms with Crippen LogP contribution < -0.4 is 0 Å². The topological polar surface area (TPSA) is 22.1 Å². The van der Waals surface area contributed by atoms with E-state index in [0.29, 0.717) is 6.61 Å². The average molecular weight is 151 g/mol. The van der Waals surface area contributed by atoms with Crippen molar-refractivity contribution in [1.29, 1.82) is 0 Å². The third-order valence-electron chi connectivity index (χ3n) is 1.57. The number of hydrogen-bond acceptors (Lipinski definition) is 2. The molecule has 0 spiro atoms. The summed E-state index contributed by atoms with van der Waals surface area (Å²) in [4.78, 5) is 4.09. The summed E-state index contributed by atoms with van der Waals surface area (Å²) in [7, 11) is 1.69. The molecule has 0 atom stereocenters. The molecule has 0 aliphatic carbocycles. The van der Waals surface area contributed by atoms with Crippen molar-refractivity contribution in [2.24, 2.45) is 0 Å². The molecule has 0 aromatic carbocycles. The minimum absolute atomic E-state index is 0.654. The van der Waals surface area contributed by atoms with Crippen molar-refractivity contribution in [3.8, 4) is 0 Å². The quantitative estimate of drug-likeness (QED) is 0.657. The Labute approximate surface area is 67.2 Å². The van der Waals surface area contributed by atoms with E-state index < -0.39 is 0 Å². The van der Waals surface area contributed by atoms with Crippen molar-refractivity contribution in [1.82, 2.24) is 4.98 Å². The minimum atomic E-state index is 0.654. The van der Waals surface area contributed by atoms with Crippen LogP contribution in [0.1, 0.15) is 18.1 Å². The number of aryl methyl sites for hydroxylation is 1. The second-order valence-corrected chi connectivity index (χ2v) is 2.49. The summed E-state index contributed by atoms with van der Waals surface area (Å²) in [5, 5.41) is 0. The zero-order valence-corrected chi connectivity index (χ0v) is 7.00. The number of nitrogens with zero attached hydrogens (tertiary/aromatic N) is 1. The molecule has 0 aliphatic heterocycles. The van der Waals surface area contributed by atoms with Crippen LogP contribution in [0.3, 0.4) is 0 Å². The molecular formula is C9H13NO. The molecule has 0 bridgehead atoms. The van der Waals surface area contributed by atoms with Gasteiger partial charge in [0, 0.05) is 19.5 Å². The van der Waals surface area contributed by atoms with Crippen molar-refractivity contribution in [2.75, 3.05) is 7.11 Å². The Hall–Kier alpha value is -0.890. The Morgan fingerprint density at radius 3 is 2.73 bits per heavy atom. The predicted octanol–water partition coefficient (Wildman–Crippen LogP) is 1.79. The lowest BCUT2D eigenvalue weighted by Crippen LogP contribution is -1.91. The Morgan fingerprint density at radius 2 is 2.09 bits per heavy atom. The van der Waals surface area contributed by atoms with Gasteiger partial charge in [-0.25, -0.2) is 0 Å². The van der Waals surface area contributed by atoms with E-state index in [1.165, 1.54) is 5.56 Å². The molecule has 0 saturated heterocycles. The molecule has 11 heavy (non-hydrogen) atoms. The fraction of sp³-hybridized carbons (Fsp3) is 0.444. The van der Waals surface area contributed by atoms with Crippen LogP contribution in [0.25, 0.3) is 0 Å². The molecular weight excluding hydrogens is 138 g/mol. The van der Waals surface area contributed by atoms with Gasteiger partial charge in [-0.1, -0.05) is 13.0 Å². The van der Waals surface area contributed by atoms with Crippen molar-refractivity contribution in [3.05, 3.63) is 29.6 Å². The summed E-state index contributed by atoms with van der Waals surface area (Å²) in [6, 6.07) is 2.12. The first kappa shape index (κ1) is 8.21. The van der Waals surface area contributed by atoms with Gasteiger partial charge in [0.2, 0.25) is 0 Å². The highest BCUT2D eigenvalue weighted by Crippen LogP contribution is 2.03. The Bertz CT molecular complexity index is 223. The van der Waals surface area contributed by atoms with Gasteiger partial charge in [-0.3, -0.25) is 4.98 Å². The molecule has 1 rings (SSSR count). The van der Waals surface area contributed by atoms with Crippen LogP contribution in [0, 0.1) is 0 Å². The van der Waals surface area contributed by atoms with Gasteiger partial charge >= 0.3 is 0 Å². The molecule has 0 fully saturated rings. The highest BCUT2D eigenvalue weighted by molar-refractivity contribution is 5.17. The van der Waals surface area contributed by atoms with Crippen LogP contribution in [-0.2, 0) is 17.8 Å². The maximum Gasteiger partial charge on any atom is 0.0728 e. The molecule has 1 aromatic rings. The summed E-state index contributed by atoms with van der Waals surface area (Å²) in [5.74, 6) is 0. The number of methoxy groups -OCH3 is 1. The van der Waals surface area contributed by atoms with Crippen LogP contribution in [-0.4, -0.2) is 12.1 Å². The monoisotopic (exact) mass is 151 g/mol. The van der Waals surface area contributed by atoms with E-state index in [9.17, 15) is 0 Å². The smallest absolute Gasteiger partial charge is 0.0728 e. The van der Waals surface area contributed by atoms with Crippen LogP contribution in [0.15, 0.2) is 18.5 Å².